The first kappa shape index (κ1) is 15.2. The summed E-state index contributed by atoms with van der Waals surface area (Å²) in [6.07, 6.45) is -0.0305. The molecule has 0 bridgehead atoms. The molecule has 18 heavy (non-hydrogen) atoms. The number of nitrogens with zero attached hydrogens (tertiary/aromatic N) is 2. The van der Waals surface area contributed by atoms with Crippen LogP contribution in [0.25, 0.3) is 0 Å². The fourth-order valence-corrected chi connectivity index (χ4v) is 4.43. The molecule has 1 atom stereocenters. The number of hydrogen-bond donors (Lipinski definition) is 2. The second-order valence-corrected chi connectivity index (χ2v) is 7.05. The zero-order valence-corrected chi connectivity index (χ0v) is 12.4. The van der Waals surface area contributed by atoms with E-state index in [9.17, 15) is 13.5 Å². The molecule has 1 aromatic heterocycles. The van der Waals surface area contributed by atoms with Crippen LogP contribution in [-0.4, -0.2) is 43.3 Å². The summed E-state index contributed by atoms with van der Waals surface area (Å²) in [5.41, 5.74) is 5.66. The third-order valence-electron chi connectivity index (χ3n) is 2.33. The zero-order chi connectivity index (χ0) is 13.9. The Hall–Kier alpha value is -0.860. The highest BCUT2D eigenvalue weighted by atomic mass is 32.2. The number of aliphatic hydroxyl groups is 1. The first-order valence-electron chi connectivity index (χ1n) is 5.66. The first-order chi connectivity index (χ1) is 8.29. The third-order valence-corrected chi connectivity index (χ3v) is 5.40. The lowest BCUT2D eigenvalue weighted by Crippen LogP contribution is -2.27. The maximum absolute atomic E-state index is 12.1. The molecule has 1 aromatic rings. The van der Waals surface area contributed by atoms with Crippen LogP contribution in [0.15, 0.2) is 4.90 Å². The lowest BCUT2D eigenvalue weighted by atomic mass is 10.4. The molecule has 0 spiro atoms. The average molecular weight is 293 g/mol. The summed E-state index contributed by atoms with van der Waals surface area (Å²) in [6, 6.07) is 0. The van der Waals surface area contributed by atoms with Gasteiger partial charge in [-0.05, 0) is 24.9 Å². The van der Waals surface area contributed by atoms with Crippen molar-refractivity contribution in [3.05, 3.63) is 0 Å². The van der Waals surface area contributed by atoms with Crippen LogP contribution in [0.3, 0.4) is 0 Å². The molecule has 0 amide bonds. The Bertz CT molecular complexity index is 496. The van der Waals surface area contributed by atoms with E-state index < -0.39 is 15.9 Å². The zero-order valence-electron chi connectivity index (χ0n) is 10.8. The van der Waals surface area contributed by atoms with Gasteiger partial charge >= 0.3 is 0 Å². The van der Waals surface area contributed by atoms with Crippen LogP contribution >= 0.6 is 11.5 Å². The molecule has 0 fully saturated rings. The second kappa shape index (κ2) is 5.85. The molecule has 0 aliphatic heterocycles. The van der Waals surface area contributed by atoms with Crippen LogP contribution in [0, 0.1) is 0 Å². The SMILES string of the molecule is CCCS(=O)(=O)c1c(N)nsc1N(C)CC(C)O. The minimum Gasteiger partial charge on any atom is -0.392 e. The lowest BCUT2D eigenvalue weighted by molar-refractivity contribution is 0.201. The Morgan fingerprint density at radius 2 is 2.17 bits per heavy atom. The Balaban J connectivity index is 3.17. The van der Waals surface area contributed by atoms with Gasteiger partial charge in [-0.15, -0.1) is 0 Å². The van der Waals surface area contributed by atoms with Crippen LogP contribution in [-0.2, 0) is 9.84 Å². The largest absolute Gasteiger partial charge is 0.392 e. The molecule has 104 valence electrons. The number of rotatable bonds is 6. The maximum atomic E-state index is 12.1. The smallest absolute Gasteiger partial charge is 0.185 e. The molecule has 0 radical (unpaired) electrons. The molecule has 8 heteroatoms. The van der Waals surface area contributed by atoms with Crippen LogP contribution < -0.4 is 10.6 Å². The summed E-state index contributed by atoms with van der Waals surface area (Å²) < 4.78 is 28.2. The van der Waals surface area contributed by atoms with Gasteiger partial charge in [0.1, 0.15) is 9.90 Å². The van der Waals surface area contributed by atoms with Gasteiger partial charge in [0.15, 0.2) is 15.7 Å². The molecule has 0 aliphatic rings. The first-order valence-corrected chi connectivity index (χ1v) is 8.09. The van der Waals surface area contributed by atoms with Crippen molar-refractivity contribution in [3.8, 4) is 0 Å². The number of aromatic nitrogens is 1. The van der Waals surface area contributed by atoms with Gasteiger partial charge in [-0.3, -0.25) is 0 Å². The Morgan fingerprint density at radius 3 is 2.67 bits per heavy atom. The van der Waals surface area contributed by atoms with Gasteiger partial charge in [-0.1, -0.05) is 6.92 Å². The van der Waals surface area contributed by atoms with Crippen molar-refractivity contribution in [2.24, 2.45) is 0 Å². The van der Waals surface area contributed by atoms with Gasteiger partial charge in [-0.25, -0.2) is 8.42 Å². The topological polar surface area (TPSA) is 96.5 Å². The van der Waals surface area contributed by atoms with Crippen molar-refractivity contribution < 1.29 is 13.5 Å². The predicted molar refractivity (Wildman–Crippen MR) is 73.8 cm³/mol. The number of anilines is 2. The standard InChI is InChI=1S/C10H19N3O3S2/c1-4-5-18(15,16)8-9(11)12-17-10(8)13(3)6-7(2)14/h7,14H,4-6H2,1-3H3,(H2,11,12). The molecule has 0 saturated heterocycles. The molecule has 0 aromatic carbocycles. The lowest BCUT2D eigenvalue weighted by Gasteiger charge is -2.19. The minimum absolute atomic E-state index is 0.0425. The molecule has 1 heterocycles. The molecule has 1 unspecified atom stereocenters. The van der Waals surface area contributed by atoms with E-state index in [-0.39, 0.29) is 16.5 Å². The molecule has 1 rings (SSSR count). The van der Waals surface area contributed by atoms with Crippen LogP contribution in [0.2, 0.25) is 0 Å². The summed E-state index contributed by atoms with van der Waals surface area (Å²) in [5, 5.41) is 9.84. The van der Waals surface area contributed by atoms with Crippen molar-refractivity contribution in [3.63, 3.8) is 0 Å². The molecular weight excluding hydrogens is 274 g/mol. The number of sulfone groups is 1. The van der Waals surface area contributed by atoms with E-state index in [1.165, 1.54) is 0 Å². The summed E-state index contributed by atoms with van der Waals surface area (Å²) in [7, 11) is -1.70. The normalized spacial score (nSPS) is 13.6. The van der Waals surface area contributed by atoms with Crippen molar-refractivity contribution in [2.45, 2.75) is 31.3 Å². The minimum atomic E-state index is -3.41. The average Bonchev–Trinajstić information content (AvgIpc) is 2.59. The van der Waals surface area contributed by atoms with Crippen LogP contribution in [0.5, 0.6) is 0 Å². The van der Waals surface area contributed by atoms with Crippen molar-refractivity contribution in [1.82, 2.24) is 4.37 Å². The predicted octanol–water partition coefficient (Wildman–Crippen LogP) is 0.726. The van der Waals surface area contributed by atoms with Gasteiger partial charge in [-0.2, -0.15) is 4.37 Å². The number of nitrogens with two attached hydrogens (primary N) is 1. The van der Waals surface area contributed by atoms with Gasteiger partial charge in [0.25, 0.3) is 0 Å². The van der Waals surface area contributed by atoms with Crippen molar-refractivity contribution in [2.75, 3.05) is 30.0 Å². The van der Waals surface area contributed by atoms with E-state index in [2.05, 4.69) is 4.37 Å². The van der Waals surface area contributed by atoms with E-state index in [0.29, 0.717) is 18.0 Å². The number of hydrogen-bond acceptors (Lipinski definition) is 7. The highest BCUT2D eigenvalue weighted by Crippen LogP contribution is 2.34. The summed E-state index contributed by atoms with van der Waals surface area (Å²) in [4.78, 5) is 1.76. The Morgan fingerprint density at radius 1 is 1.56 bits per heavy atom. The molecular formula is C10H19N3O3S2. The third kappa shape index (κ3) is 3.33. The fourth-order valence-electron chi connectivity index (χ4n) is 1.67. The van der Waals surface area contributed by atoms with Crippen LogP contribution in [0.4, 0.5) is 10.8 Å². The Kier molecular flexibility index (Phi) is 4.94. The van der Waals surface area contributed by atoms with E-state index in [4.69, 9.17) is 5.73 Å². The highest BCUT2D eigenvalue weighted by Gasteiger charge is 2.26. The van der Waals surface area contributed by atoms with E-state index >= 15 is 0 Å². The second-order valence-electron chi connectivity index (χ2n) is 4.25. The molecule has 3 N–H and O–H groups in total. The monoisotopic (exact) mass is 293 g/mol. The van der Waals surface area contributed by atoms with Gasteiger partial charge in [0.2, 0.25) is 0 Å². The molecule has 0 aliphatic carbocycles. The van der Waals surface area contributed by atoms with Crippen LogP contribution in [0.1, 0.15) is 20.3 Å². The van der Waals surface area contributed by atoms with Crippen molar-refractivity contribution >= 4 is 32.2 Å². The molecule has 6 nitrogen and oxygen atoms in total. The Labute approximate surface area is 112 Å². The summed E-state index contributed by atoms with van der Waals surface area (Å²) in [6.45, 7) is 3.77. The summed E-state index contributed by atoms with van der Waals surface area (Å²) >= 11 is 1.04. The van der Waals surface area contributed by atoms with Gasteiger partial charge in [0.05, 0.1) is 11.9 Å². The maximum Gasteiger partial charge on any atom is 0.185 e. The fraction of sp³-hybridized carbons (Fsp3) is 0.700. The van der Waals surface area contributed by atoms with E-state index in [1.807, 2.05) is 0 Å². The summed E-state index contributed by atoms with van der Waals surface area (Å²) in [5.74, 6) is 0.0893. The van der Waals surface area contributed by atoms with Gasteiger partial charge < -0.3 is 15.7 Å². The number of nitrogen functional groups attached to an aromatic ring is 1. The number of likely N-dealkylation sites (N-methyl/N-ethyl adjacent to an activating group) is 1. The van der Waals surface area contributed by atoms with E-state index in [0.717, 1.165) is 11.5 Å². The molecule has 0 saturated carbocycles. The van der Waals surface area contributed by atoms with E-state index in [1.54, 1.807) is 25.8 Å². The van der Waals surface area contributed by atoms with Crippen molar-refractivity contribution in [1.29, 1.82) is 0 Å². The number of aliphatic hydroxyl groups excluding tert-OH is 1. The van der Waals surface area contributed by atoms with Gasteiger partial charge in [0, 0.05) is 13.6 Å². The quantitative estimate of drug-likeness (QED) is 0.802. The highest BCUT2D eigenvalue weighted by molar-refractivity contribution is 7.91.